The van der Waals surface area contributed by atoms with Crippen molar-refractivity contribution in [3.8, 4) is 0 Å². The molecule has 118 valence electrons. The van der Waals surface area contributed by atoms with Gasteiger partial charge in [0.2, 0.25) is 0 Å². The Morgan fingerprint density at radius 1 is 1.19 bits per heavy atom. The third-order valence-electron chi connectivity index (χ3n) is 3.16. The Hall–Kier alpha value is -1.56. The molecule has 0 spiro atoms. The standard InChI is InChI=1S/C15H25N3O2S/c1-4-16-15(17-10-11-21(19,20)5-2)18-12-14-9-7-6-8-13(14)3/h6-9H,4-5,10-12H2,1-3H3,(H2,16,17,18). The van der Waals surface area contributed by atoms with Crippen LogP contribution in [0.2, 0.25) is 0 Å². The van der Waals surface area contributed by atoms with E-state index < -0.39 is 9.84 Å². The van der Waals surface area contributed by atoms with E-state index >= 15 is 0 Å². The number of hydrogen-bond acceptors (Lipinski definition) is 3. The Morgan fingerprint density at radius 2 is 1.90 bits per heavy atom. The predicted molar refractivity (Wildman–Crippen MR) is 88.3 cm³/mol. The number of aliphatic imine (C=N–C) groups is 1. The van der Waals surface area contributed by atoms with Crippen LogP contribution < -0.4 is 10.6 Å². The number of nitrogens with one attached hydrogen (secondary N) is 2. The van der Waals surface area contributed by atoms with E-state index in [9.17, 15) is 8.42 Å². The number of guanidine groups is 1. The van der Waals surface area contributed by atoms with Crippen molar-refractivity contribution < 1.29 is 8.42 Å². The smallest absolute Gasteiger partial charge is 0.191 e. The largest absolute Gasteiger partial charge is 0.357 e. The quantitative estimate of drug-likeness (QED) is 0.591. The number of hydrogen-bond donors (Lipinski definition) is 2. The first-order valence-electron chi connectivity index (χ1n) is 7.25. The second-order valence-electron chi connectivity index (χ2n) is 4.78. The van der Waals surface area contributed by atoms with Gasteiger partial charge in [-0.25, -0.2) is 13.4 Å². The molecule has 1 aromatic rings. The monoisotopic (exact) mass is 311 g/mol. The fourth-order valence-corrected chi connectivity index (χ4v) is 2.46. The van der Waals surface area contributed by atoms with Crippen molar-refractivity contribution in [2.24, 2.45) is 4.99 Å². The van der Waals surface area contributed by atoms with Crippen LogP contribution in [-0.4, -0.2) is 39.0 Å². The number of benzene rings is 1. The summed E-state index contributed by atoms with van der Waals surface area (Å²) in [4.78, 5) is 4.49. The van der Waals surface area contributed by atoms with E-state index in [0.29, 0.717) is 19.0 Å². The van der Waals surface area contributed by atoms with Gasteiger partial charge in [-0.15, -0.1) is 0 Å². The van der Waals surface area contributed by atoms with E-state index in [1.165, 1.54) is 5.56 Å². The molecule has 21 heavy (non-hydrogen) atoms. The summed E-state index contributed by atoms with van der Waals surface area (Å²) < 4.78 is 22.9. The minimum absolute atomic E-state index is 0.123. The summed E-state index contributed by atoms with van der Waals surface area (Å²) in [6.07, 6.45) is 0. The topological polar surface area (TPSA) is 70.6 Å². The van der Waals surface area contributed by atoms with Gasteiger partial charge >= 0.3 is 0 Å². The van der Waals surface area contributed by atoms with Crippen molar-refractivity contribution in [1.82, 2.24) is 10.6 Å². The zero-order chi connectivity index (χ0) is 15.7. The van der Waals surface area contributed by atoms with Crippen molar-refractivity contribution in [3.63, 3.8) is 0 Å². The maximum Gasteiger partial charge on any atom is 0.191 e. The third kappa shape index (κ3) is 6.62. The van der Waals surface area contributed by atoms with Crippen LogP contribution in [-0.2, 0) is 16.4 Å². The molecular weight excluding hydrogens is 286 g/mol. The molecule has 0 aromatic heterocycles. The minimum atomic E-state index is -2.95. The van der Waals surface area contributed by atoms with Crippen LogP contribution in [0.1, 0.15) is 25.0 Å². The number of nitrogens with zero attached hydrogens (tertiary/aromatic N) is 1. The normalized spacial score (nSPS) is 12.2. The molecule has 0 radical (unpaired) electrons. The molecule has 0 atom stereocenters. The van der Waals surface area contributed by atoms with Gasteiger partial charge in [0.05, 0.1) is 12.3 Å². The molecule has 0 aliphatic carbocycles. The molecular formula is C15H25N3O2S. The highest BCUT2D eigenvalue weighted by Gasteiger charge is 2.07. The number of sulfone groups is 1. The zero-order valence-electron chi connectivity index (χ0n) is 13.0. The van der Waals surface area contributed by atoms with Gasteiger partial charge in [-0.1, -0.05) is 31.2 Å². The van der Waals surface area contributed by atoms with Crippen LogP contribution in [0.3, 0.4) is 0 Å². The second-order valence-corrected chi connectivity index (χ2v) is 7.26. The first-order chi connectivity index (χ1) is 9.98. The molecule has 0 saturated heterocycles. The third-order valence-corrected chi connectivity index (χ3v) is 4.86. The molecule has 0 fully saturated rings. The lowest BCUT2D eigenvalue weighted by Gasteiger charge is -2.11. The second kappa shape index (κ2) is 8.67. The van der Waals surface area contributed by atoms with Crippen LogP contribution >= 0.6 is 0 Å². The molecule has 0 aliphatic heterocycles. The fraction of sp³-hybridized carbons (Fsp3) is 0.533. The van der Waals surface area contributed by atoms with Crippen LogP contribution in [0.15, 0.2) is 29.3 Å². The number of rotatable bonds is 7. The van der Waals surface area contributed by atoms with Gasteiger partial charge in [-0.05, 0) is 25.0 Å². The molecule has 0 amide bonds. The van der Waals surface area contributed by atoms with E-state index in [2.05, 4.69) is 28.6 Å². The molecule has 0 aliphatic rings. The van der Waals surface area contributed by atoms with Crippen molar-refractivity contribution >= 4 is 15.8 Å². The van der Waals surface area contributed by atoms with E-state index in [-0.39, 0.29) is 11.5 Å². The van der Waals surface area contributed by atoms with E-state index in [1.807, 2.05) is 25.1 Å². The Kier molecular flexibility index (Phi) is 7.22. The average molecular weight is 311 g/mol. The van der Waals surface area contributed by atoms with Crippen LogP contribution in [0.4, 0.5) is 0 Å². The Balaban J connectivity index is 2.60. The van der Waals surface area contributed by atoms with Crippen molar-refractivity contribution in [3.05, 3.63) is 35.4 Å². The summed E-state index contributed by atoms with van der Waals surface area (Å²) in [5, 5.41) is 6.18. The van der Waals surface area contributed by atoms with E-state index in [0.717, 1.165) is 12.1 Å². The Bertz CT molecular complexity index is 568. The van der Waals surface area contributed by atoms with E-state index in [4.69, 9.17) is 0 Å². The van der Waals surface area contributed by atoms with Gasteiger partial charge in [0.1, 0.15) is 0 Å². The van der Waals surface area contributed by atoms with Crippen LogP contribution in [0.25, 0.3) is 0 Å². The van der Waals surface area contributed by atoms with Crippen molar-refractivity contribution in [2.45, 2.75) is 27.3 Å². The molecule has 0 saturated carbocycles. The maximum atomic E-state index is 11.5. The van der Waals surface area contributed by atoms with Gasteiger partial charge in [0.25, 0.3) is 0 Å². The summed E-state index contributed by atoms with van der Waals surface area (Å²) in [6.45, 7) is 7.37. The maximum absolute atomic E-state index is 11.5. The summed E-state index contributed by atoms with van der Waals surface area (Å²) in [5.41, 5.74) is 2.36. The minimum Gasteiger partial charge on any atom is -0.357 e. The molecule has 2 N–H and O–H groups in total. The fourth-order valence-electron chi connectivity index (χ4n) is 1.76. The Labute approximate surface area is 127 Å². The molecule has 1 rings (SSSR count). The summed E-state index contributed by atoms with van der Waals surface area (Å²) >= 11 is 0. The van der Waals surface area contributed by atoms with Gasteiger partial charge in [0, 0.05) is 18.8 Å². The van der Waals surface area contributed by atoms with E-state index in [1.54, 1.807) is 6.92 Å². The molecule has 0 heterocycles. The lowest BCUT2D eigenvalue weighted by atomic mass is 10.1. The highest BCUT2D eigenvalue weighted by Crippen LogP contribution is 2.07. The SMILES string of the molecule is CCNC(=NCc1ccccc1C)NCCS(=O)(=O)CC. The summed E-state index contributed by atoms with van der Waals surface area (Å²) in [7, 11) is -2.95. The summed E-state index contributed by atoms with van der Waals surface area (Å²) in [6, 6.07) is 8.09. The van der Waals surface area contributed by atoms with Crippen LogP contribution in [0.5, 0.6) is 0 Å². The van der Waals surface area contributed by atoms with Crippen molar-refractivity contribution in [2.75, 3.05) is 24.6 Å². The molecule has 5 nitrogen and oxygen atoms in total. The molecule has 6 heteroatoms. The lowest BCUT2D eigenvalue weighted by molar-refractivity contribution is 0.595. The van der Waals surface area contributed by atoms with Crippen LogP contribution in [0, 0.1) is 6.92 Å². The Morgan fingerprint density at radius 3 is 2.52 bits per heavy atom. The highest BCUT2D eigenvalue weighted by atomic mass is 32.2. The lowest BCUT2D eigenvalue weighted by Crippen LogP contribution is -2.39. The van der Waals surface area contributed by atoms with Gasteiger partial charge in [0.15, 0.2) is 15.8 Å². The zero-order valence-corrected chi connectivity index (χ0v) is 13.8. The first-order valence-corrected chi connectivity index (χ1v) is 9.07. The van der Waals surface area contributed by atoms with Crippen molar-refractivity contribution in [1.29, 1.82) is 0 Å². The number of aryl methyl sites for hydroxylation is 1. The molecule has 0 unspecified atom stereocenters. The predicted octanol–water partition coefficient (Wildman–Crippen LogP) is 1.48. The molecule has 1 aromatic carbocycles. The van der Waals surface area contributed by atoms with Gasteiger partial charge in [-0.3, -0.25) is 0 Å². The molecule has 0 bridgehead atoms. The van der Waals surface area contributed by atoms with Gasteiger partial charge < -0.3 is 10.6 Å². The first kappa shape index (κ1) is 17.5. The average Bonchev–Trinajstić information content (AvgIpc) is 2.46. The highest BCUT2D eigenvalue weighted by molar-refractivity contribution is 7.91. The van der Waals surface area contributed by atoms with Gasteiger partial charge in [-0.2, -0.15) is 0 Å². The summed E-state index contributed by atoms with van der Waals surface area (Å²) in [5.74, 6) is 0.941.